The number of nitrogens with two attached hydrogens (primary N) is 1. The number of ether oxygens (including phenoxy) is 2. The van der Waals surface area contributed by atoms with Crippen molar-refractivity contribution < 1.29 is 9.47 Å². The second kappa shape index (κ2) is 6.07. The second-order valence-electron chi connectivity index (χ2n) is 3.37. The lowest BCUT2D eigenvalue weighted by Gasteiger charge is -2.16. The topological polar surface area (TPSA) is 81.2 Å². The molecule has 0 aliphatic heterocycles. The van der Waals surface area contributed by atoms with Crippen LogP contribution in [0.4, 0.5) is 0 Å². The standard InChI is InChI=1S/C11H17N3O2/c1-3-15-7-8(2)16-10-6-14-5-4-9(10)11(12)13/h4-6,8H,3,7H2,1-2H3,(H3,12,13). The van der Waals surface area contributed by atoms with Crippen LogP contribution in [-0.4, -0.2) is 30.1 Å². The van der Waals surface area contributed by atoms with Gasteiger partial charge in [0.2, 0.25) is 0 Å². The lowest BCUT2D eigenvalue weighted by molar-refractivity contribution is 0.0654. The van der Waals surface area contributed by atoms with E-state index in [9.17, 15) is 0 Å². The third kappa shape index (κ3) is 3.51. The Balaban J connectivity index is 2.69. The molecule has 1 unspecified atom stereocenters. The molecule has 0 fully saturated rings. The monoisotopic (exact) mass is 223 g/mol. The summed E-state index contributed by atoms with van der Waals surface area (Å²) >= 11 is 0. The van der Waals surface area contributed by atoms with Crippen LogP contribution in [-0.2, 0) is 4.74 Å². The van der Waals surface area contributed by atoms with Crippen molar-refractivity contribution in [1.82, 2.24) is 4.98 Å². The van der Waals surface area contributed by atoms with Crippen LogP contribution < -0.4 is 10.5 Å². The van der Waals surface area contributed by atoms with Crippen LogP contribution in [0.25, 0.3) is 0 Å². The van der Waals surface area contributed by atoms with Gasteiger partial charge in [0.25, 0.3) is 0 Å². The Hall–Kier alpha value is -1.62. The van der Waals surface area contributed by atoms with Crippen molar-refractivity contribution in [2.24, 2.45) is 5.73 Å². The smallest absolute Gasteiger partial charge is 0.149 e. The Morgan fingerprint density at radius 3 is 3.00 bits per heavy atom. The van der Waals surface area contributed by atoms with E-state index in [0.717, 1.165) is 0 Å². The summed E-state index contributed by atoms with van der Waals surface area (Å²) in [4.78, 5) is 3.94. The van der Waals surface area contributed by atoms with E-state index in [2.05, 4.69) is 4.98 Å². The Labute approximate surface area is 95.1 Å². The van der Waals surface area contributed by atoms with Gasteiger partial charge in [-0.05, 0) is 19.9 Å². The fourth-order valence-electron chi connectivity index (χ4n) is 1.23. The molecule has 0 saturated heterocycles. The van der Waals surface area contributed by atoms with Crippen LogP contribution in [0.5, 0.6) is 5.75 Å². The molecule has 5 nitrogen and oxygen atoms in total. The van der Waals surface area contributed by atoms with Crippen molar-refractivity contribution >= 4 is 5.84 Å². The van der Waals surface area contributed by atoms with Gasteiger partial charge in [-0.3, -0.25) is 10.4 Å². The van der Waals surface area contributed by atoms with Crippen LogP contribution in [0.2, 0.25) is 0 Å². The lowest BCUT2D eigenvalue weighted by atomic mass is 10.2. The third-order valence-corrected chi connectivity index (χ3v) is 1.96. The summed E-state index contributed by atoms with van der Waals surface area (Å²) in [5.41, 5.74) is 5.99. The van der Waals surface area contributed by atoms with Crippen molar-refractivity contribution in [3.8, 4) is 5.75 Å². The van der Waals surface area contributed by atoms with E-state index in [0.29, 0.717) is 24.5 Å². The zero-order valence-electron chi connectivity index (χ0n) is 9.56. The molecule has 0 aliphatic carbocycles. The summed E-state index contributed by atoms with van der Waals surface area (Å²) in [6.07, 6.45) is 3.04. The van der Waals surface area contributed by atoms with Crippen molar-refractivity contribution in [2.45, 2.75) is 20.0 Å². The molecule has 5 heteroatoms. The Morgan fingerprint density at radius 2 is 2.38 bits per heavy atom. The minimum absolute atomic E-state index is 0.0268. The molecule has 1 aromatic heterocycles. The molecule has 3 N–H and O–H groups in total. The summed E-state index contributed by atoms with van der Waals surface area (Å²) in [5.74, 6) is 0.489. The molecule has 0 aliphatic rings. The third-order valence-electron chi connectivity index (χ3n) is 1.96. The zero-order chi connectivity index (χ0) is 12.0. The van der Waals surface area contributed by atoms with E-state index in [1.807, 2.05) is 13.8 Å². The molecule has 88 valence electrons. The Morgan fingerprint density at radius 1 is 1.62 bits per heavy atom. The molecule has 1 rings (SSSR count). The Bertz CT molecular complexity index is 355. The molecule has 16 heavy (non-hydrogen) atoms. The van der Waals surface area contributed by atoms with Crippen molar-refractivity contribution in [2.75, 3.05) is 13.2 Å². The predicted octanol–water partition coefficient (Wildman–Crippen LogP) is 1.17. The van der Waals surface area contributed by atoms with E-state index < -0.39 is 0 Å². The molecule has 0 amide bonds. The molecular weight excluding hydrogens is 206 g/mol. The number of amidine groups is 1. The van der Waals surface area contributed by atoms with Crippen molar-refractivity contribution in [1.29, 1.82) is 5.41 Å². The highest BCUT2D eigenvalue weighted by atomic mass is 16.5. The average molecular weight is 223 g/mol. The largest absolute Gasteiger partial charge is 0.486 e. The minimum Gasteiger partial charge on any atom is -0.486 e. The van der Waals surface area contributed by atoms with E-state index in [-0.39, 0.29) is 11.9 Å². The van der Waals surface area contributed by atoms with E-state index in [1.54, 1.807) is 18.5 Å². The first-order valence-electron chi connectivity index (χ1n) is 5.18. The number of nitrogens with zero attached hydrogens (tertiary/aromatic N) is 1. The van der Waals surface area contributed by atoms with Gasteiger partial charge in [0.1, 0.15) is 17.7 Å². The lowest BCUT2D eigenvalue weighted by Crippen LogP contribution is -2.21. The van der Waals surface area contributed by atoms with Crippen LogP contribution >= 0.6 is 0 Å². The molecule has 1 atom stereocenters. The zero-order valence-corrected chi connectivity index (χ0v) is 9.56. The number of nitrogens with one attached hydrogen (secondary N) is 1. The van der Waals surface area contributed by atoms with Gasteiger partial charge < -0.3 is 15.2 Å². The Kier molecular flexibility index (Phi) is 4.72. The molecule has 0 radical (unpaired) electrons. The first-order valence-corrected chi connectivity index (χ1v) is 5.18. The normalized spacial score (nSPS) is 12.1. The number of hydrogen-bond donors (Lipinski definition) is 2. The molecule has 0 spiro atoms. The number of pyridine rings is 1. The highest BCUT2D eigenvalue weighted by molar-refractivity contribution is 5.97. The number of hydrogen-bond acceptors (Lipinski definition) is 4. The fraction of sp³-hybridized carbons (Fsp3) is 0.455. The molecule has 1 heterocycles. The maximum Gasteiger partial charge on any atom is 0.149 e. The molecule has 0 bridgehead atoms. The highest BCUT2D eigenvalue weighted by Gasteiger charge is 2.10. The van der Waals surface area contributed by atoms with Crippen LogP contribution in [0.3, 0.4) is 0 Å². The first-order chi connectivity index (χ1) is 7.65. The maximum atomic E-state index is 7.40. The van der Waals surface area contributed by atoms with E-state index in [1.165, 1.54) is 0 Å². The number of aromatic nitrogens is 1. The SMILES string of the molecule is CCOCC(C)Oc1cnccc1C(=N)N. The first kappa shape index (κ1) is 12.4. The predicted molar refractivity (Wildman–Crippen MR) is 61.8 cm³/mol. The highest BCUT2D eigenvalue weighted by Crippen LogP contribution is 2.17. The summed E-state index contributed by atoms with van der Waals surface area (Å²) < 4.78 is 10.8. The van der Waals surface area contributed by atoms with Crippen molar-refractivity contribution in [3.63, 3.8) is 0 Å². The number of rotatable bonds is 6. The van der Waals surface area contributed by atoms with Gasteiger partial charge in [0, 0.05) is 12.8 Å². The quantitative estimate of drug-likeness (QED) is 0.560. The summed E-state index contributed by atoms with van der Waals surface area (Å²) in [5, 5.41) is 7.40. The van der Waals surface area contributed by atoms with Gasteiger partial charge >= 0.3 is 0 Å². The van der Waals surface area contributed by atoms with Gasteiger partial charge in [0.05, 0.1) is 18.4 Å². The van der Waals surface area contributed by atoms with Gasteiger partial charge in [-0.1, -0.05) is 0 Å². The van der Waals surface area contributed by atoms with Gasteiger partial charge in [-0.25, -0.2) is 0 Å². The number of nitrogen functional groups attached to an aromatic ring is 1. The van der Waals surface area contributed by atoms with Crippen molar-refractivity contribution in [3.05, 3.63) is 24.0 Å². The van der Waals surface area contributed by atoms with Crippen LogP contribution in [0.15, 0.2) is 18.5 Å². The van der Waals surface area contributed by atoms with Gasteiger partial charge in [-0.2, -0.15) is 0 Å². The summed E-state index contributed by atoms with van der Waals surface area (Å²) in [6.45, 7) is 4.98. The second-order valence-corrected chi connectivity index (χ2v) is 3.37. The van der Waals surface area contributed by atoms with Crippen LogP contribution in [0, 0.1) is 5.41 Å². The summed E-state index contributed by atoms with van der Waals surface area (Å²) in [7, 11) is 0. The molecular formula is C11H17N3O2. The maximum absolute atomic E-state index is 7.40. The van der Waals surface area contributed by atoms with Gasteiger partial charge in [-0.15, -0.1) is 0 Å². The van der Waals surface area contributed by atoms with E-state index in [4.69, 9.17) is 20.6 Å². The fourth-order valence-corrected chi connectivity index (χ4v) is 1.23. The summed E-state index contributed by atoms with van der Waals surface area (Å²) in [6, 6.07) is 1.66. The molecule has 1 aromatic rings. The molecule has 0 aromatic carbocycles. The van der Waals surface area contributed by atoms with Gasteiger partial charge in [0.15, 0.2) is 0 Å². The van der Waals surface area contributed by atoms with E-state index >= 15 is 0 Å². The van der Waals surface area contributed by atoms with Crippen LogP contribution in [0.1, 0.15) is 19.4 Å². The average Bonchev–Trinajstić information content (AvgIpc) is 2.27. The molecule has 0 saturated carbocycles. The minimum atomic E-state index is -0.0951.